The highest BCUT2D eigenvalue weighted by molar-refractivity contribution is 4.97. The fourth-order valence-electron chi connectivity index (χ4n) is 4.05. The summed E-state index contributed by atoms with van der Waals surface area (Å²) in [6.07, 6.45) is 7.35. The van der Waals surface area contributed by atoms with Crippen molar-refractivity contribution in [2.75, 3.05) is 39.5 Å². The van der Waals surface area contributed by atoms with Crippen molar-refractivity contribution in [1.82, 2.24) is 4.90 Å². The fourth-order valence-corrected chi connectivity index (χ4v) is 4.05. The molecule has 1 spiro atoms. The maximum Gasteiger partial charge on any atom is 0.157 e. The normalized spacial score (nSPS) is 34.6. The lowest BCUT2D eigenvalue weighted by molar-refractivity contribution is -0.164. The number of likely N-dealkylation sites (tertiary alicyclic amines) is 1. The van der Waals surface area contributed by atoms with Crippen molar-refractivity contribution >= 4 is 0 Å². The van der Waals surface area contributed by atoms with Crippen LogP contribution in [0, 0.1) is 5.41 Å². The summed E-state index contributed by atoms with van der Waals surface area (Å²) < 4.78 is 17.0. The van der Waals surface area contributed by atoms with Gasteiger partial charge in [0.05, 0.1) is 6.61 Å². The molecule has 20 heavy (non-hydrogen) atoms. The third-order valence-electron chi connectivity index (χ3n) is 5.64. The van der Waals surface area contributed by atoms with E-state index >= 15 is 0 Å². The predicted octanol–water partition coefficient (Wildman–Crippen LogP) is 2.42. The molecule has 0 saturated carbocycles. The SMILES string of the molecule is C[C@@H]1N(CCO[C@@H]2CCCCO2)CCC12CCOCC2. The Labute approximate surface area is 122 Å². The Morgan fingerprint density at radius 3 is 2.75 bits per heavy atom. The lowest BCUT2D eigenvalue weighted by Crippen LogP contribution is -2.42. The first-order valence-corrected chi connectivity index (χ1v) is 8.35. The van der Waals surface area contributed by atoms with Gasteiger partial charge in [-0.05, 0) is 57.4 Å². The van der Waals surface area contributed by atoms with Crippen LogP contribution in [0.5, 0.6) is 0 Å². The highest BCUT2D eigenvalue weighted by atomic mass is 16.7. The van der Waals surface area contributed by atoms with Crippen LogP contribution >= 0.6 is 0 Å². The van der Waals surface area contributed by atoms with E-state index in [1.54, 1.807) is 0 Å². The van der Waals surface area contributed by atoms with Crippen molar-refractivity contribution in [2.24, 2.45) is 5.41 Å². The van der Waals surface area contributed by atoms with Crippen LogP contribution in [0.25, 0.3) is 0 Å². The first-order valence-electron chi connectivity index (χ1n) is 8.35. The number of ether oxygens (including phenoxy) is 3. The standard InChI is InChI=1S/C16H29NO3/c1-14-16(6-11-18-12-7-16)5-8-17(14)9-13-20-15-4-2-3-10-19-15/h14-15H,2-13H2,1H3/t14-,15+/m0/s1. The molecule has 0 aromatic carbocycles. The molecule has 0 unspecified atom stereocenters. The Hall–Kier alpha value is -0.160. The summed E-state index contributed by atoms with van der Waals surface area (Å²) in [5.41, 5.74) is 0.513. The van der Waals surface area contributed by atoms with E-state index in [1.165, 1.54) is 38.6 Å². The van der Waals surface area contributed by atoms with Crippen LogP contribution in [-0.4, -0.2) is 56.7 Å². The Morgan fingerprint density at radius 2 is 2.00 bits per heavy atom. The summed E-state index contributed by atoms with van der Waals surface area (Å²) in [5.74, 6) is 0. The molecular weight excluding hydrogens is 254 g/mol. The average molecular weight is 283 g/mol. The summed E-state index contributed by atoms with van der Waals surface area (Å²) in [6.45, 7) is 8.24. The van der Waals surface area contributed by atoms with E-state index in [1.807, 2.05) is 0 Å². The van der Waals surface area contributed by atoms with Crippen molar-refractivity contribution < 1.29 is 14.2 Å². The Bertz CT molecular complexity index is 298. The Kier molecular flexibility index (Phi) is 4.97. The summed E-state index contributed by atoms with van der Waals surface area (Å²) in [4.78, 5) is 2.61. The fraction of sp³-hybridized carbons (Fsp3) is 1.00. The van der Waals surface area contributed by atoms with E-state index < -0.39 is 0 Å². The molecule has 3 aliphatic rings. The largest absolute Gasteiger partial charge is 0.381 e. The minimum Gasteiger partial charge on any atom is -0.381 e. The zero-order valence-corrected chi connectivity index (χ0v) is 12.8. The highest BCUT2D eigenvalue weighted by Gasteiger charge is 2.45. The van der Waals surface area contributed by atoms with Gasteiger partial charge in [-0.15, -0.1) is 0 Å². The molecule has 3 heterocycles. The molecule has 4 heteroatoms. The lowest BCUT2D eigenvalue weighted by atomic mass is 9.74. The maximum absolute atomic E-state index is 5.88. The average Bonchev–Trinajstić information content (AvgIpc) is 2.79. The van der Waals surface area contributed by atoms with Gasteiger partial charge in [-0.1, -0.05) is 0 Å². The minimum absolute atomic E-state index is 0.0544. The second-order valence-corrected chi connectivity index (χ2v) is 6.60. The van der Waals surface area contributed by atoms with Gasteiger partial charge < -0.3 is 14.2 Å². The molecule has 0 aromatic heterocycles. The van der Waals surface area contributed by atoms with E-state index in [9.17, 15) is 0 Å². The monoisotopic (exact) mass is 283 g/mol. The molecular formula is C16H29NO3. The Morgan fingerprint density at radius 1 is 1.15 bits per heavy atom. The second kappa shape index (κ2) is 6.73. The van der Waals surface area contributed by atoms with Crippen molar-refractivity contribution in [3.63, 3.8) is 0 Å². The molecule has 3 fully saturated rings. The molecule has 3 saturated heterocycles. The van der Waals surface area contributed by atoms with Crippen LogP contribution in [0.3, 0.4) is 0 Å². The zero-order valence-electron chi connectivity index (χ0n) is 12.8. The van der Waals surface area contributed by atoms with Crippen LogP contribution in [0.4, 0.5) is 0 Å². The quantitative estimate of drug-likeness (QED) is 0.793. The molecule has 0 aliphatic carbocycles. The summed E-state index contributed by atoms with van der Waals surface area (Å²) in [6, 6.07) is 0.669. The smallest absolute Gasteiger partial charge is 0.157 e. The topological polar surface area (TPSA) is 30.9 Å². The van der Waals surface area contributed by atoms with Gasteiger partial charge in [-0.3, -0.25) is 4.90 Å². The van der Waals surface area contributed by atoms with Crippen molar-refractivity contribution in [2.45, 2.75) is 57.8 Å². The van der Waals surface area contributed by atoms with E-state index in [2.05, 4.69) is 11.8 Å². The van der Waals surface area contributed by atoms with Crippen molar-refractivity contribution in [3.05, 3.63) is 0 Å². The molecule has 116 valence electrons. The van der Waals surface area contributed by atoms with E-state index in [0.29, 0.717) is 11.5 Å². The number of hydrogen-bond donors (Lipinski definition) is 0. The van der Waals surface area contributed by atoms with Crippen LogP contribution in [0.2, 0.25) is 0 Å². The van der Waals surface area contributed by atoms with Crippen molar-refractivity contribution in [1.29, 1.82) is 0 Å². The third-order valence-corrected chi connectivity index (χ3v) is 5.64. The van der Waals surface area contributed by atoms with E-state index in [4.69, 9.17) is 14.2 Å². The van der Waals surface area contributed by atoms with Crippen LogP contribution < -0.4 is 0 Å². The molecule has 3 aliphatic heterocycles. The van der Waals surface area contributed by atoms with Gasteiger partial charge in [-0.2, -0.15) is 0 Å². The van der Waals surface area contributed by atoms with Gasteiger partial charge in [0.15, 0.2) is 6.29 Å². The number of nitrogens with zero attached hydrogens (tertiary/aromatic N) is 1. The van der Waals surface area contributed by atoms with Crippen LogP contribution in [0.15, 0.2) is 0 Å². The third kappa shape index (κ3) is 3.19. The first-order chi connectivity index (χ1) is 9.80. The molecule has 4 nitrogen and oxygen atoms in total. The van der Waals surface area contributed by atoms with Gasteiger partial charge in [0.25, 0.3) is 0 Å². The summed E-state index contributed by atoms with van der Waals surface area (Å²) in [7, 11) is 0. The highest BCUT2D eigenvalue weighted by Crippen LogP contribution is 2.44. The molecule has 0 radical (unpaired) electrons. The number of hydrogen-bond acceptors (Lipinski definition) is 4. The van der Waals surface area contributed by atoms with Gasteiger partial charge in [0, 0.05) is 32.4 Å². The van der Waals surface area contributed by atoms with Gasteiger partial charge >= 0.3 is 0 Å². The molecule has 3 rings (SSSR count). The molecule has 0 N–H and O–H groups in total. The van der Waals surface area contributed by atoms with E-state index in [0.717, 1.165) is 39.4 Å². The van der Waals surface area contributed by atoms with Gasteiger partial charge in [0.1, 0.15) is 0 Å². The van der Waals surface area contributed by atoms with E-state index in [-0.39, 0.29) is 6.29 Å². The summed E-state index contributed by atoms with van der Waals surface area (Å²) in [5, 5.41) is 0. The van der Waals surface area contributed by atoms with Crippen LogP contribution in [0.1, 0.15) is 45.4 Å². The zero-order chi connectivity index (χ0) is 13.8. The lowest BCUT2D eigenvalue weighted by Gasteiger charge is -2.39. The van der Waals surface area contributed by atoms with Crippen LogP contribution in [-0.2, 0) is 14.2 Å². The second-order valence-electron chi connectivity index (χ2n) is 6.60. The predicted molar refractivity (Wildman–Crippen MR) is 77.7 cm³/mol. The summed E-state index contributed by atoms with van der Waals surface area (Å²) >= 11 is 0. The number of rotatable bonds is 4. The maximum atomic E-state index is 5.88. The molecule has 0 bridgehead atoms. The molecule has 2 atom stereocenters. The Balaban J connectivity index is 1.42. The molecule has 0 amide bonds. The van der Waals surface area contributed by atoms with Gasteiger partial charge in [0.2, 0.25) is 0 Å². The first kappa shape index (κ1) is 14.8. The molecule has 0 aromatic rings. The van der Waals surface area contributed by atoms with Crippen molar-refractivity contribution in [3.8, 4) is 0 Å². The van der Waals surface area contributed by atoms with Gasteiger partial charge in [-0.25, -0.2) is 0 Å². The minimum atomic E-state index is 0.0544.